The van der Waals surface area contributed by atoms with Crippen molar-refractivity contribution in [3.8, 4) is 23.3 Å². The fourth-order valence-electron chi connectivity index (χ4n) is 3.08. The van der Waals surface area contributed by atoms with Gasteiger partial charge in [0.25, 0.3) is 11.8 Å². The summed E-state index contributed by atoms with van der Waals surface area (Å²) in [6.45, 7) is 1.71. The lowest BCUT2D eigenvalue weighted by Crippen LogP contribution is -2.21. The Balaban J connectivity index is 1.70. The Labute approximate surface area is 207 Å². The van der Waals surface area contributed by atoms with Crippen molar-refractivity contribution >= 4 is 29.3 Å². The molecule has 9 heteroatoms. The van der Waals surface area contributed by atoms with Crippen molar-refractivity contribution in [3.05, 3.63) is 83.7 Å². The number of amides is 2. The van der Waals surface area contributed by atoms with Gasteiger partial charge in [-0.1, -0.05) is 18.2 Å². The van der Waals surface area contributed by atoms with E-state index in [9.17, 15) is 19.2 Å². The van der Waals surface area contributed by atoms with E-state index in [0.717, 1.165) is 0 Å². The number of hydrogen-bond donors (Lipinski definition) is 2. The zero-order chi connectivity index (χ0) is 25.9. The van der Waals surface area contributed by atoms with Crippen LogP contribution in [0.2, 0.25) is 0 Å². The van der Waals surface area contributed by atoms with E-state index in [-0.39, 0.29) is 23.6 Å². The molecule has 0 saturated heterocycles. The van der Waals surface area contributed by atoms with Gasteiger partial charge in [0.05, 0.1) is 19.4 Å². The van der Waals surface area contributed by atoms with Crippen molar-refractivity contribution in [2.75, 3.05) is 31.0 Å². The van der Waals surface area contributed by atoms with Gasteiger partial charge in [0.1, 0.15) is 23.2 Å². The number of nitriles is 1. The van der Waals surface area contributed by atoms with E-state index < -0.39 is 17.6 Å². The van der Waals surface area contributed by atoms with Crippen molar-refractivity contribution in [2.45, 2.75) is 6.92 Å². The summed E-state index contributed by atoms with van der Waals surface area (Å²) in [6.07, 6.45) is 1.41. The van der Waals surface area contributed by atoms with Crippen LogP contribution in [-0.2, 0) is 9.59 Å². The molecule has 0 heterocycles. The molecule has 3 aromatic carbocycles. The number of nitrogens with zero attached hydrogens (tertiary/aromatic N) is 1. The first-order chi connectivity index (χ1) is 17.4. The van der Waals surface area contributed by atoms with Crippen LogP contribution in [0, 0.1) is 17.1 Å². The monoisotopic (exact) mass is 489 g/mol. The summed E-state index contributed by atoms with van der Waals surface area (Å²) in [5, 5.41) is 14.6. The molecule has 0 unspecified atom stereocenters. The Bertz CT molecular complexity index is 1300. The fourth-order valence-corrected chi connectivity index (χ4v) is 3.08. The first-order valence-electron chi connectivity index (χ1n) is 10.9. The molecule has 0 saturated carbocycles. The van der Waals surface area contributed by atoms with Gasteiger partial charge in [-0.2, -0.15) is 5.26 Å². The molecule has 36 heavy (non-hydrogen) atoms. The number of nitrogens with one attached hydrogen (secondary N) is 2. The third kappa shape index (κ3) is 7.08. The maximum atomic E-state index is 13.7. The predicted octanol–water partition coefficient (Wildman–Crippen LogP) is 4.80. The molecular formula is C27H24FN3O5. The number of halogens is 1. The standard InChI is InChI=1S/C27H24FN3O5/c1-3-35-25-15-18(14-19(16-29)27(33)30-20-9-11-21(34-2)12-10-20)8-13-24(25)36-17-26(32)31-23-7-5-4-6-22(23)28/h4-15H,3,17H2,1-2H3,(H,30,33)(H,31,32)/b19-14-. The summed E-state index contributed by atoms with van der Waals surface area (Å²) in [5.74, 6) is -0.447. The quantitative estimate of drug-likeness (QED) is 0.313. The largest absolute Gasteiger partial charge is 0.497 e. The van der Waals surface area contributed by atoms with Crippen molar-refractivity contribution in [1.82, 2.24) is 0 Å². The average Bonchev–Trinajstić information content (AvgIpc) is 2.88. The topological polar surface area (TPSA) is 110 Å². The molecule has 3 aromatic rings. The Morgan fingerprint density at radius 2 is 1.75 bits per heavy atom. The van der Waals surface area contributed by atoms with Crippen LogP contribution < -0.4 is 24.8 Å². The molecule has 2 amide bonds. The molecular weight excluding hydrogens is 465 g/mol. The minimum Gasteiger partial charge on any atom is -0.497 e. The number of hydrogen-bond acceptors (Lipinski definition) is 6. The minimum atomic E-state index is -0.578. The molecule has 0 aromatic heterocycles. The van der Waals surface area contributed by atoms with E-state index in [1.54, 1.807) is 55.5 Å². The molecule has 0 radical (unpaired) electrons. The molecule has 0 aliphatic rings. The molecule has 3 rings (SSSR count). The van der Waals surface area contributed by atoms with Crippen LogP contribution >= 0.6 is 0 Å². The van der Waals surface area contributed by atoms with Gasteiger partial charge >= 0.3 is 0 Å². The smallest absolute Gasteiger partial charge is 0.266 e. The van der Waals surface area contributed by atoms with E-state index in [2.05, 4.69) is 10.6 Å². The highest BCUT2D eigenvalue weighted by Gasteiger charge is 2.13. The maximum absolute atomic E-state index is 13.7. The molecule has 0 bridgehead atoms. The Kier molecular flexibility index (Phi) is 9.00. The zero-order valence-electron chi connectivity index (χ0n) is 19.7. The van der Waals surface area contributed by atoms with Crippen molar-refractivity contribution in [2.24, 2.45) is 0 Å². The number of benzene rings is 3. The van der Waals surface area contributed by atoms with E-state index in [1.807, 2.05) is 6.07 Å². The van der Waals surface area contributed by atoms with E-state index in [4.69, 9.17) is 14.2 Å². The third-order valence-electron chi connectivity index (χ3n) is 4.80. The number of methoxy groups -OCH3 is 1. The number of rotatable bonds is 10. The second-order valence-electron chi connectivity index (χ2n) is 7.31. The van der Waals surface area contributed by atoms with Gasteiger partial charge in [0.15, 0.2) is 18.1 Å². The summed E-state index contributed by atoms with van der Waals surface area (Å²) >= 11 is 0. The number of carbonyl (C=O) groups excluding carboxylic acids is 2. The zero-order valence-corrected chi connectivity index (χ0v) is 19.7. The van der Waals surface area contributed by atoms with Gasteiger partial charge < -0.3 is 24.8 Å². The molecule has 0 spiro atoms. The fraction of sp³-hybridized carbons (Fsp3) is 0.148. The van der Waals surface area contributed by atoms with Gasteiger partial charge in [-0.05, 0) is 67.1 Å². The summed E-state index contributed by atoms with van der Waals surface area (Å²) in [4.78, 5) is 24.8. The van der Waals surface area contributed by atoms with Gasteiger partial charge in [0.2, 0.25) is 0 Å². The molecule has 0 aliphatic heterocycles. The molecule has 2 N–H and O–H groups in total. The Morgan fingerprint density at radius 3 is 2.42 bits per heavy atom. The SMILES string of the molecule is CCOc1cc(/C=C(/C#N)C(=O)Nc2ccc(OC)cc2)ccc1OCC(=O)Nc1ccccc1F. The second-order valence-corrected chi connectivity index (χ2v) is 7.31. The first kappa shape index (κ1) is 25.8. The third-order valence-corrected chi connectivity index (χ3v) is 4.80. The lowest BCUT2D eigenvalue weighted by molar-refractivity contribution is -0.118. The lowest BCUT2D eigenvalue weighted by atomic mass is 10.1. The van der Waals surface area contributed by atoms with Crippen LogP contribution in [0.3, 0.4) is 0 Å². The van der Waals surface area contributed by atoms with Gasteiger partial charge in [0, 0.05) is 5.69 Å². The summed E-state index contributed by atoms with van der Waals surface area (Å²) < 4.78 is 30.0. The van der Waals surface area contributed by atoms with Crippen molar-refractivity contribution in [1.29, 1.82) is 5.26 Å². The van der Waals surface area contributed by atoms with Crippen LogP contribution in [0.1, 0.15) is 12.5 Å². The van der Waals surface area contributed by atoms with Gasteiger partial charge in [-0.15, -0.1) is 0 Å². The van der Waals surface area contributed by atoms with Gasteiger partial charge in [-0.25, -0.2) is 4.39 Å². The molecule has 184 valence electrons. The maximum Gasteiger partial charge on any atom is 0.266 e. The number of ether oxygens (including phenoxy) is 3. The lowest BCUT2D eigenvalue weighted by Gasteiger charge is -2.13. The highest BCUT2D eigenvalue weighted by Crippen LogP contribution is 2.29. The number of carbonyl (C=O) groups is 2. The van der Waals surface area contributed by atoms with Crippen LogP contribution in [0.4, 0.5) is 15.8 Å². The minimum absolute atomic E-state index is 0.0496. The van der Waals surface area contributed by atoms with Crippen LogP contribution in [-0.4, -0.2) is 32.1 Å². The average molecular weight is 490 g/mol. The number of para-hydroxylation sites is 1. The van der Waals surface area contributed by atoms with Crippen LogP contribution in [0.25, 0.3) is 6.08 Å². The second kappa shape index (κ2) is 12.6. The predicted molar refractivity (Wildman–Crippen MR) is 133 cm³/mol. The Hall–Kier alpha value is -4.84. The van der Waals surface area contributed by atoms with Gasteiger partial charge in [-0.3, -0.25) is 9.59 Å². The summed E-state index contributed by atoms with van der Waals surface area (Å²) in [5.41, 5.74) is 0.956. The molecule has 0 fully saturated rings. The van der Waals surface area contributed by atoms with E-state index in [1.165, 1.54) is 31.4 Å². The van der Waals surface area contributed by atoms with Crippen molar-refractivity contribution in [3.63, 3.8) is 0 Å². The first-order valence-corrected chi connectivity index (χ1v) is 10.9. The van der Waals surface area contributed by atoms with Crippen LogP contribution in [0.5, 0.6) is 17.2 Å². The number of anilines is 2. The van der Waals surface area contributed by atoms with Crippen molar-refractivity contribution < 1.29 is 28.2 Å². The highest BCUT2D eigenvalue weighted by atomic mass is 19.1. The molecule has 0 aliphatic carbocycles. The van der Waals surface area contributed by atoms with Crippen LogP contribution in [0.15, 0.2) is 72.3 Å². The summed E-state index contributed by atoms with van der Waals surface area (Å²) in [7, 11) is 1.54. The molecule has 8 nitrogen and oxygen atoms in total. The highest BCUT2D eigenvalue weighted by molar-refractivity contribution is 6.09. The molecule has 0 atom stereocenters. The van der Waals surface area contributed by atoms with E-state index in [0.29, 0.717) is 29.4 Å². The Morgan fingerprint density at radius 1 is 1.00 bits per heavy atom. The summed E-state index contributed by atoms with van der Waals surface area (Å²) in [6, 6.07) is 19.2. The normalized spacial score (nSPS) is 10.7. The van der Waals surface area contributed by atoms with E-state index >= 15 is 0 Å².